The molecule has 2 heterocycles. The molecular formula is C25H30N2O6S2. The number of benzene rings is 2. The van der Waals surface area contributed by atoms with Crippen molar-refractivity contribution in [2.75, 3.05) is 26.5 Å². The molecule has 0 spiro atoms. The van der Waals surface area contributed by atoms with Gasteiger partial charge in [-0.15, -0.1) is 0 Å². The highest BCUT2D eigenvalue weighted by Gasteiger charge is 2.35. The number of sulfonamides is 1. The van der Waals surface area contributed by atoms with Crippen LogP contribution in [0.2, 0.25) is 0 Å². The Morgan fingerprint density at radius 1 is 1.00 bits per heavy atom. The maximum Gasteiger partial charge on any atom is 0.243 e. The molecule has 3 aromatic rings. The van der Waals surface area contributed by atoms with Crippen LogP contribution < -0.4 is 4.74 Å². The zero-order valence-corrected chi connectivity index (χ0v) is 21.5. The Hall–Kier alpha value is -2.66. The number of rotatable bonds is 9. The molecule has 0 amide bonds. The van der Waals surface area contributed by atoms with Crippen molar-refractivity contribution in [3.05, 3.63) is 78.3 Å². The Bertz CT molecular complexity index is 1350. The van der Waals surface area contributed by atoms with Crippen LogP contribution >= 0.6 is 0 Å². The Kier molecular flexibility index (Phi) is 7.65. The predicted octanol–water partition coefficient (Wildman–Crippen LogP) is 3.55. The van der Waals surface area contributed by atoms with Crippen molar-refractivity contribution in [1.82, 2.24) is 9.21 Å². The summed E-state index contributed by atoms with van der Waals surface area (Å²) in [4.78, 5) is 2.68. The Labute approximate surface area is 207 Å². The number of nitrogens with zero attached hydrogens (tertiary/aromatic N) is 2. The molecule has 0 radical (unpaired) electrons. The molecule has 0 bridgehead atoms. The average Bonchev–Trinajstić information content (AvgIpc) is 3.36. The van der Waals surface area contributed by atoms with Crippen molar-refractivity contribution in [2.24, 2.45) is 0 Å². The number of hydrogen-bond acceptors (Lipinski definition) is 7. The largest absolute Gasteiger partial charge is 0.497 e. The van der Waals surface area contributed by atoms with Crippen molar-refractivity contribution < 1.29 is 26.0 Å². The molecule has 1 aliphatic rings. The molecule has 1 saturated heterocycles. The van der Waals surface area contributed by atoms with Crippen LogP contribution in [-0.4, -0.2) is 58.5 Å². The van der Waals surface area contributed by atoms with Crippen LogP contribution in [0.5, 0.6) is 5.75 Å². The first-order valence-electron chi connectivity index (χ1n) is 11.4. The number of hydrogen-bond donors (Lipinski definition) is 0. The van der Waals surface area contributed by atoms with Gasteiger partial charge >= 0.3 is 0 Å². The summed E-state index contributed by atoms with van der Waals surface area (Å²) in [5.41, 5.74) is 0.755. The van der Waals surface area contributed by atoms with Gasteiger partial charge in [-0.25, -0.2) is 16.8 Å². The fourth-order valence-electron chi connectivity index (χ4n) is 4.47. The lowest BCUT2D eigenvalue weighted by Crippen LogP contribution is -2.46. The molecule has 0 atom stereocenters. The van der Waals surface area contributed by atoms with Gasteiger partial charge in [0.05, 0.1) is 29.7 Å². The van der Waals surface area contributed by atoms with E-state index in [1.54, 1.807) is 42.5 Å². The van der Waals surface area contributed by atoms with Gasteiger partial charge in [-0.1, -0.05) is 24.3 Å². The molecule has 0 saturated carbocycles. The smallest absolute Gasteiger partial charge is 0.243 e. The summed E-state index contributed by atoms with van der Waals surface area (Å²) in [6, 6.07) is 16.8. The van der Waals surface area contributed by atoms with Gasteiger partial charge in [0.15, 0.2) is 9.84 Å². The third-order valence-electron chi connectivity index (χ3n) is 6.27. The molecule has 0 unspecified atom stereocenters. The van der Waals surface area contributed by atoms with Gasteiger partial charge in [-0.3, -0.25) is 4.90 Å². The van der Waals surface area contributed by atoms with Gasteiger partial charge in [-0.2, -0.15) is 4.31 Å². The third kappa shape index (κ3) is 5.95. The molecule has 1 fully saturated rings. The molecule has 8 nitrogen and oxygen atoms in total. The van der Waals surface area contributed by atoms with E-state index >= 15 is 0 Å². The van der Waals surface area contributed by atoms with Crippen LogP contribution in [0.4, 0.5) is 0 Å². The van der Waals surface area contributed by atoms with E-state index in [9.17, 15) is 16.8 Å². The van der Waals surface area contributed by atoms with Gasteiger partial charge in [0.2, 0.25) is 10.0 Å². The van der Waals surface area contributed by atoms with E-state index in [1.807, 2.05) is 12.1 Å². The van der Waals surface area contributed by atoms with Crippen molar-refractivity contribution in [2.45, 2.75) is 41.8 Å². The Morgan fingerprint density at radius 3 is 2.40 bits per heavy atom. The summed E-state index contributed by atoms with van der Waals surface area (Å²) in [6.07, 6.45) is 3.98. The highest BCUT2D eigenvalue weighted by atomic mass is 32.2. The normalized spacial score (nSPS) is 16.0. The second-order valence-electron chi connectivity index (χ2n) is 8.70. The van der Waals surface area contributed by atoms with Crippen LogP contribution in [0, 0.1) is 0 Å². The number of sulfone groups is 1. The molecule has 10 heteroatoms. The first-order chi connectivity index (χ1) is 16.7. The van der Waals surface area contributed by atoms with Crippen molar-refractivity contribution in [3.63, 3.8) is 0 Å². The monoisotopic (exact) mass is 518 g/mol. The first kappa shape index (κ1) is 25.4. The molecule has 1 aliphatic heterocycles. The summed E-state index contributed by atoms with van der Waals surface area (Å²) < 4.78 is 64.0. The SMILES string of the molecule is COc1cccc(S(=O)(=O)N(Cc2ccco2)C2CCN(Cc3ccccc3S(C)(=O)=O)CC2)c1. The fourth-order valence-corrected chi connectivity index (χ4v) is 7.09. The summed E-state index contributed by atoms with van der Waals surface area (Å²) in [5, 5.41) is 0. The minimum Gasteiger partial charge on any atom is -0.497 e. The van der Waals surface area contributed by atoms with E-state index < -0.39 is 19.9 Å². The van der Waals surface area contributed by atoms with Crippen LogP contribution in [0.1, 0.15) is 24.2 Å². The van der Waals surface area contributed by atoms with Gasteiger partial charge in [0.25, 0.3) is 0 Å². The number of likely N-dealkylation sites (tertiary alicyclic amines) is 1. The second kappa shape index (κ2) is 10.5. The van der Waals surface area contributed by atoms with Gasteiger partial charge in [0, 0.05) is 38.0 Å². The van der Waals surface area contributed by atoms with E-state index in [-0.39, 0.29) is 17.5 Å². The van der Waals surface area contributed by atoms with Crippen LogP contribution in [0.3, 0.4) is 0 Å². The summed E-state index contributed by atoms with van der Waals surface area (Å²) in [5.74, 6) is 1.05. The van der Waals surface area contributed by atoms with E-state index in [2.05, 4.69) is 4.90 Å². The summed E-state index contributed by atoms with van der Waals surface area (Å²) >= 11 is 0. The highest BCUT2D eigenvalue weighted by Crippen LogP contribution is 2.29. The van der Waals surface area contributed by atoms with Gasteiger partial charge in [-0.05, 0) is 48.7 Å². The third-order valence-corrected chi connectivity index (χ3v) is 9.36. The van der Waals surface area contributed by atoms with Crippen LogP contribution in [-0.2, 0) is 33.0 Å². The molecule has 4 rings (SSSR count). The minimum absolute atomic E-state index is 0.133. The standard InChI is InChI=1S/C25H30N2O6S2/c1-32-22-8-5-10-24(17-22)35(30,31)27(19-23-9-6-16-33-23)21-12-14-26(15-13-21)18-20-7-3-4-11-25(20)34(2,28)29/h3-11,16-17,21H,12-15,18-19H2,1-2H3. The molecule has 35 heavy (non-hydrogen) atoms. The van der Waals surface area contributed by atoms with Gasteiger partial charge < -0.3 is 9.15 Å². The Morgan fingerprint density at radius 2 is 1.74 bits per heavy atom. The second-order valence-corrected chi connectivity index (χ2v) is 12.6. The minimum atomic E-state index is -3.82. The van der Waals surface area contributed by atoms with Crippen LogP contribution in [0.25, 0.3) is 0 Å². The van der Waals surface area contributed by atoms with Crippen molar-refractivity contribution in [1.29, 1.82) is 0 Å². The van der Waals surface area contributed by atoms with Gasteiger partial charge in [0.1, 0.15) is 11.5 Å². The van der Waals surface area contributed by atoms with E-state index in [1.165, 1.54) is 30.0 Å². The fraction of sp³-hybridized carbons (Fsp3) is 0.360. The average molecular weight is 519 g/mol. The molecular weight excluding hydrogens is 488 g/mol. The molecule has 188 valence electrons. The number of furan rings is 1. The predicted molar refractivity (Wildman–Crippen MR) is 132 cm³/mol. The molecule has 0 aliphatic carbocycles. The quantitative estimate of drug-likeness (QED) is 0.427. The highest BCUT2D eigenvalue weighted by molar-refractivity contribution is 7.90. The zero-order valence-electron chi connectivity index (χ0n) is 19.8. The topological polar surface area (TPSA) is 97.1 Å². The molecule has 2 aromatic carbocycles. The van der Waals surface area contributed by atoms with E-state index in [0.717, 1.165) is 5.56 Å². The Balaban J connectivity index is 1.54. The molecule has 0 N–H and O–H groups in total. The summed E-state index contributed by atoms with van der Waals surface area (Å²) in [6.45, 7) is 1.92. The molecule has 1 aromatic heterocycles. The lowest BCUT2D eigenvalue weighted by molar-refractivity contribution is 0.146. The lowest BCUT2D eigenvalue weighted by atomic mass is 10.0. The summed E-state index contributed by atoms with van der Waals surface area (Å²) in [7, 11) is -5.64. The maximum atomic E-state index is 13.7. The zero-order chi connectivity index (χ0) is 25.1. The maximum absolute atomic E-state index is 13.7. The first-order valence-corrected chi connectivity index (χ1v) is 14.7. The van der Waals surface area contributed by atoms with E-state index in [0.29, 0.717) is 48.9 Å². The van der Waals surface area contributed by atoms with Crippen LogP contribution in [0.15, 0.2) is 81.1 Å². The number of piperidine rings is 1. The number of methoxy groups -OCH3 is 1. The number of ether oxygens (including phenoxy) is 1. The van der Waals surface area contributed by atoms with Crippen molar-refractivity contribution >= 4 is 19.9 Å². The van der Waals surface area contributed by atoms with Crippen molar-refractivity contribution in [3.8, 4) is 5.75 Å². The van der Waals surface area contributed by atoms with E-state index in [4.69, 9.17) is 9.15 Å². The lowest BCUT2D eigenvalue weighted by Gasteiger charge is -2.37.